The molecule has 0 spiro atoms. The smallest absolute Gasteiger partial charge is 0.284 e. The van der Waals surface area contributed by atoms with Crippen LogP contribution in [-0.2, 0) is 13.0 Å². The molecule has 132 valence electrons. The lowest BCUT2D eigenvalue weighted by atomic mass is 9.99. The van der Waals surface area contributed by atoms with E-state index in [-0.39, 0.29) is 11.2 Å². The molecule has 0 radical (unpaired) electrons. The summed E-state index contributed by atoms with van der Waals surface area (Å²) >= 11 is 1.48. The maximum absolute atomic E-state index is 12.5. The van der Waals surface area contributed by atoms with Gasteiger partial charge in [-0.25, -0.2) is 4.79 Å². The highest BCUT2D eigenvalue weighted by Gasteiger charge is 2.15. The van der Waals surface area contributed by atoms with E-state index in [2.05, 4.69) is 43.1 Å². The minimum absolute atomic E-state index is 0.290. The van der Waals surface area contributed by atoms with E-state index in [1.807, 2.05) is 23.6 Å². The topological polar surface area (TPSA) is 54.9 Å². The summed E-state index contributed by atoms with van der Waals surface area (Å²) in [5, 5.41) is 5.04. The van der Waals surface area contributed by atoms with Crippen LogP contribution in [0, 0.1) is 5.92 Å². The molecule has 0 unspecified atom stereocenters. The number of rotatable bonds is 4. The summed E-state index contributed by atoms with van der Waals surface area (Å²) in [6, 6.07) is 14.5. The van der Waals surface area contributed by atoms with E-state index in [0.717, 1.165) is 10.4 Å². The van der Waals surface area contributed by atoms with Gasteiger partial charge in [0, 0.05) is 6.54 Å². The zero-order chi connectivity index (χ0) is 18.3. The van der Waals surface area contributed by atoms with Gasteiger partial charge < -0.3 is 0 Å². The summed E-state index contributed by atoms with van der Waals surface area (Å²) in [4.78, 5) is 28.0. The van der Waals surface area contributed by atoms with Gasteiger partial charge in [-0.3, -0.25) is 14.3 Å². The molecule has 4 rings (SSSR count). The lowest BCUT2D eigenvalue weighted by molar-refractivity contribution is 0.517. The second-order valence-electron chi connectivity index (χ2n) is 7.02. The van der Waals surface area contributed by atoms with Crippen molar-refractivity contribution < 1.29 is 0 Å². The number of H-pyrrole nitrogens is 1. The molecule has 2 aromatic carbocycles. The molecule has 0 bridgehead atoms. The van der Waals surface area contributed by atoms with Crippen LogP contribution in [0.2, 0.25) is 0 Å². The summed E-state index contributed by atoms with van der Waals surface area (Å²) in [6.45, 7) is 4.72. The van der Waals surface area contributed by atoms with Crippen molar-refractivity contribution in [3.05, 3.63) is 79.8 Å². The number of hydrogen-bond donors (Lipinski definition) is 1. The minimum Gasteiger partial charge on any atom is -0.284 e. The molecule has 0 aliphatic rings. The summed E-state index contributed by atoms with van der Waals surface area (Å²) in [6.07, 6.45) is 0.671. The predicted octanol–water partition coefficient (Wildman–Crippen LogP) is 4.15. The summed E-state index contributed by atoms with van der Waals surface area (Å²) in [5.41, 5.74) is 1.54. The van der Waals surface area contributed by atoms with E-state index < -0.39 is 0 Å². The minimum atomic E-state index is -0.324. The zero-order valence-electron chi connectivity index (χ0n) is 14.8. The van der Waals surface area contributed by atoms with Crippen molar-refractivity contribution in [3.8, 4) is 0 Å². The molecule has 0 aliphatic heterocycles. The van der Waals surface area contributed by atoms with Crippen LogP contribution in [0.15, 0.2) is 57.4 Å². The Balaban J connectivity index is 1.88. The number of benzene rings is 2. The third kappa shape index (κ3) is 2.88. The lowest BCUT2D eigenvalue weighted by Gasteiger charge is -2.10. The first-order chi connectivity index (χ1) is 12.5. The molecule has 0 fully saturated rings. The van der Waals surface area contributed by atoms with Crippen LogP contribution >= 0.6 is 11.3 Å². The molecule has 2 heterocycles. The molecule has 0 saturated heterocycles. The molecule has 2 aromatic heterocycles. The highest BCUT2D eigenvalue weighted by Crippen LogP contribution is 2.27. The first kappa shape index (κ1) is 16.8. The van der Waals surface area contributed by atoms with Crippen molar-refractivity contribution in [3.63, 3.8) is 0 Å². The number of hydrogen-bond acceptors (Lipinski definition) is 3. The molecule has 0 aliphatic carbocycles. The fourth-order valence-corrected chi connectivity index (χ4v) is 4.54. The zero-order valence-corrected chi connectivity index (χ0v) is 15.6. The van der Waals surface area contributed by atoms with Crippen molar-refractivity contribution in [2.45, 2.75) is 26.8 Å². The van der Waals surface area contributed by atoms with Crippen molar-refractivity contribution >= 4 is 32.3 Å². The molecule has 4 nitrogen and oxygen atoms in total. The molecule has 0 saturated carbocycles. The van der Waals surface area contributed by atoms with Crippen LogP contribution in [0.3, 0.4) is 0 Å². The Hall–Kier alpha value is -2.66. The highest BCUT2D eigenvalue weighted by molar-refractivity contribution is 7.17. The van der Waals surface area contributed by atoms with Crippen molar-refractivity contribution in [1.82, 2.24) is 9.55 Å². The van der Waals surface area contributed by atoms with Crippen LogP contribution in [-0.4, -0.2) is 9.55 Å². The standard InChI is InChI=1S/C21H20N2O2S/c1-13(2)11-23-20-18(19(24)22-21(23)25)16(12-26-20)10-15-8-5-7-14-6-3-4-9-17(14)15/h3-9,12-13H,10-11H2,1-2H3,(H,22,24,25). The van der Waals surface area contributed by atoms with Gasteiger partial charge in [-0.2, -0.15) is 0 Å². The van der Waals surface area contributed by atoms with Crippen LogP contribution in [0.5, 0.6) is 0 Å². The van der Waals surface area contributed by atoms with Gasteiger partial charge in [0.2, 0.25) is 0 Å². The van der Waals surface area contributed by atoms with Gasteiger partial charge in [-0.1, -0.05) is 56.3 Å². The Morgan fingerprint density at radius 3 is 2.62 bits per heavy atom. The second kappa shape index (κ2) is 6.57. The number of aromatic amines is 1. The molecule has 0 atom stereocenters. The predicted molar refractivity (Wildman–Crippen MR) is 108 cm³/mol. The maximum Gasteiger partial charge on any atom is 0.329 e. The lowest BCUT2D eigenvalue weighted by Crippen LogP contribution is -2.31. The number of nitrogens with zero attached hydrogens (tertiary/aromatic N) is 1. The Bertz CT molecular complexity index is 1210. The van der Waals surface area contributed by atoms with E-state index in [1.54, 1.807) is 4.57 Å². The first-order valence-corrected chi connectivity index (χ1v) is 9.62. The van der Waals surface area contributed by atoms with E-state index in [1.165, 1.54) is 27.7 Å². The molecule has 26 heavy (non-hydrogen) atoms. The molecule has 4 aromatic rings. The Labute approximate surface area is 154 Å². The quantitative estimate of drug-likeness (QED) is 0.591. The summed E-state index contributed by atoms with van der Waals surface area (Å²) < 4.78 is 1.69. The van der Waals surface area contributed by atoms with Crippen LogP contribution in [0.1, 0.15) is 25.0 Å². The fourth-order valence-electron chi connectivity index (χ4n) is 3.46. The van der Waals surface area contributed by atoms with Crippen LogP contribution in [0.25, 0.3) is 21.0 Å². The second-order valence-corrected chi connectivity index (χ2v) is 7.88. The third-order valence-electron chi connectivity index (χ3n) is 4.59. The summed E-state index contributed by atoms with van der Waals surface area (Å²) in [5.74, 6) is 0.324. The highest BCUT2D eigenvalue weighted by atomic mass is 32.1. The number of fused-ring (bicyclic) bond motifs is 2. The van der Waals surface area contributed by atoms with Crippen LogP contribution < -0.4 is 11.2 Å². The van der Waals surface area contributed by atoms with Gasteiger partial charge in [-0.15, -0.1) is 11.3 Å². The van der Waals surface area contributed by atoms with E-state index in [9.17, 15) is 9.59 Å². The monoisotopic (exact) mass is 364 g/mol. The fraction of sp³-hybridized carbons (Fsp3) is 0.238. The van der Waals surface area contributed by atoms with Crippen molar-refractivity contribution in [2.75, 3.05) is 0 Å². The van der Waals surface area contributed by atoms with E-state index >= 15 is 0 Å². The van der Waals surface area contributed by atoms with Crippen LogP contribution in [0.4, 0.5) is 0 Å². The van der Waals surface area contributed by atoms with Crippen molar-refractivity contribution in [2.24, 2.45) is 5.92 Å². The normalized spacial score (nSPS) is 11.7. The summed E-state index contributed by atoms with van der Waals surface area (Å²) in [7, 11) is 0. The number of aromatic nitrogens is 2. The Morgan fingerprint density at radius 2 is 1.81 bits per heavy atom. The van der Waals surface area contributed by atoms with Gasteiger partial charge in [-0.05, 0) is 39.6 Å². The average molecular weight is 364 g/mol. The SMILES string of the molecule is CC(C)Cn1c(=O)[nH]c(=O)c2c(Cc3cccc4ccccc34)csc21. The van der Waals surface area contributed by atoms with Gasteiger partial charge in [0.15, 0.2) is 0 Å². The van der Waals surface area contributed by atoms with Gasteiger partial charge >= 0.3 is 5.69 Å². The van der Waals surface area contributed by atoms with Gasteiger partial charge in [0.1, 0.15) is 4.83 Å². The van der Waals surface area contributed by atoms with E-state index in [4.69, 9.17) is 0 Å². The first-order valence-electron chi connectivity index (χ1n) is 8.74. The number of nitrogens with one attached hydrogen (secondary N) is 1. The molecule has 0 amide bonds. The maximum atomic E-state index is 12.5. The van der Waals surface area contributed by atoms with Crippen molar-refractivity contribution in [1.29, 1.82) is 0 Å². The van der Waals surface area contributed by atoms with Gasteiger partial charge in [0.25, 0.3) is 5.56 Å². The van der Waals surface area contributed by atoms with E-state index in [0.29, 0.717) is 24.3 Å². The van der Waals surface area contributed by atoms with Gasteiger partial charge in [0.05, 0.1) is 5.39 Å². The average Bonchev–Trinajstić information content (AvgIpc) is 3.03. The molecule has 1 N–H and O–H groups in total. The Morgan fingerprint density at radius 1 is 1.04 bits per heavy atom. The number of thiophene rings is 1. The third-order valence-corrected chi connectivity index (χ3v) is 5.64. The molecular formula is C21H20N2O2S. The largest absolute Gasteiger partial charge is 0.329 e. The molecular weight excluding hydrogens is 344 g/mol. The molecule has 5 heteroatoms. The Kier molecular flexibility index (Phi) is 4.24.